The lowest BCUT2D eigenvalue weighted by Gasteiger charge is -2.38. The molecule has 0 aliphatic carbocycles. The molecule has 0 bridgehead atoms. The smallest absolute Gasteiger partial charge is 0.242 e. The first-order chi connectivity index (χ1) is 12.4. The monoisotopic (exact) mass is 372 g/mol. The number of halogens is 1. The lowest BCUT2D eigenvalue weighted by Crippen LogP contribution is -2.57. The largest absolute Gasteiger partial charge is 0.338 e. The fourth-order valence-corrected chi connectivity index (χ4v) is 4.83. The summed E-state index contributed by atoms with van der Waals surface area (Å²) in [4.78, 5) is 14.1. The number of sulfone groups is 1. The number of rotatable bonds is 4. The van der Waals surface area contributed by atoms with E-state index in [-0.39, 0.29) is 30.4 Å². The first kappa shape index (κ1) is 16.8. The Kier molecular flexibility index (Phi) is 4.03. The number of amides is 1. The topological polar surface area (TPSA) is 59.4 Å². The van der Waals surface area contributed by atoms with Crippen LogP contribution in [0, 0.1) is 5.82 Å². The van der Waals surface area contributed by atoms with Crippen LogP contribution >= 0.6 is 0 Å². The van der Waals surface area contributed by atoms with E-state index in [1.54, 1.807) is 4.90 Å². The van der Waals surface area contributed by atoms with E-state index in [4.69, 9.17) is 0 Å². The number of nitrogens with zero attached hydrogens (tertiary/aromatic N) is 2. The second-order valence-electron chi connectivity index (χ2n) is 6.42. The number of aromatic nitrogens is 1. The van der Waals surface area contributed by atoms with E-state index in [2.05, 4.69) is 0 Å². The maximum absolute atomic E-state index is 13.0. The number of carbonyl (C=O) groups is 1. The molecule has 134 valence electrons. The van der Waals surface area contributed by atoms with Gasteiger partial charge in [0.15, 0.2) is 9.84 Å². The minimum Gasteiger partial charge on any atom is -0.338 e. The Morgan fingerprint density at radius 3 is 2.46 bits per heavy atom. The highest BCUT2D eigenvalue weighted by Crippen LogP contribution is 2.24. The van der Waals surface area contributed by atoms with E-state index >= 15 is 0 Å². The van der Waals surface area contributed by atoms with Crippen LogP contribution < -0.4 is 0 Å². The number of hydrogen-bond donors (Lipinski definition) is 0. The zero-order valence-electron chi connectivity index (χ0n) is 13.9. The summed E-state index contributed by atoms with van der Waals surface area (Å²) in [5.74, 6) is -0.592. The summed E-state index contributed by atoms with van der Waals surface area (Å²) in [6.45, 7) is 0.506. The van der Waals surface area contributed by atoms with Gasteiger partial charge >= 0.3 is 0 Å². The standard InChI is InChI=1S/C19H17FN2O3S/c20-15-5-7-16(8-6-15)26(24,25)17-11-22(12-17)19(23)13-21-10-9-14-3-1-2-4-18(14)21/h1-10,17H,11-13H2. The molecule has 0 atom stereocenters. The highest BCUT2D eigenvalue weighted by molar-refractivity contribution is 7.92. The first-order valence-corrected chi connectivity index (χ1v) is 9.81. The van der Waals surface area contributed by atoms with Gasteiger partial charge in [0.25, 0.3) is 0 Å². The van der Waals surface area contributed by atoms with Crippen molar-refractivity contribution in [3.05, 3.63) is 66.6 Å². The molecule has 1 amide bonds. The van der Waals surface area contributed by atoms with E-state index in [9.17, 15) is 17.6 Å². The molecule has 26 heavy (non-hydrogen) atoms. The van der Waals surface area contributed by atoms with Gasteiger partial charge in [-0.15, -0.1) is 0 Å². The highest BCUT2D eigenvalue weighted by atomic mass is 32.2. The molecule has 5 nitrogen and oxygen atoms in total. The number of para-hydroxylation sites is 1. The minimum absolute atomic E-state index is 0.0902. The van der Waals surface area contributed by atoms with Crippen LogP contribution in [-0.4, -0.2) is 42.1 Å². The summed E-state index contributed by atoms with van der Waals surface area (Å²) in [6, 6.07) is 14.5. The number of fused-ring (bicyclic) bond motifs is 1. The van der Waals surface area contributed by atoms with Gasteiger partial charge in [0.05, 0.1) is 4.90 Å². The van der Waals surface area contributed by atoms with Crippen molar-refractivity contribution in [2.24, 2.45) is 0 Å². The van der Waals surface area contributed by atoms with Gasteiger partial charge in [-0.05, 0) is 41.8 Å². The van der Waals surface area contributed by atoms with Crippen molar-refractivity contribution in [1.82, 2.24) is 9.47 Å². The molecule has 2 heterocycles. The van der Waals surface area contributed by atoms with E-state index in [1.807, 2.05) is 41.1 Å². The van der Waals surface area contributed by atoms with Gasteiger partial charge in [-0.3, -0.25) is 4.79 Å². The van der Waals surface area contributed by atoms with Crippen LogP contribution in [0.4, 0.5) is 4.39 Å². The third-order valence-corrected chi connectivity index (χ3v) is 6.87. The van der Waals surface area contributed by atoms with E-state index in [0.717, 1.165) is 23.0 Å². The second kappa shape index (κ2) is 6.25. The minimum atomic E-state index is -3.55. The Hall–Kier alpha value is -2.67. The average Bonchev–Trinajstić information content (AvgIpc) is 2.97. The summed E-state index contributed by atoms with van der Waals surface area (Å²) < 4.78 is 39.9. The fraction of sp³-hybridized carbons (Fsp3) is 0.211. The first-order valence-electron chi connectivity index (χ1n) is 8.26. The van der Waals surface area contributed by atoms with E-state index < -0.39 is 20.9 Å². The Morgan fingerprint density at radius 1 is 1.04 bits per heavy atom. The summed E-state index contributed by atoms with van der Waals surface area (Å²) >= 11 is 0. The van der Waals surface area contributed by atoms with Crippen molar-refractivity contribution in [3.8, 4) is 0 Å². The Labute approximate surface area is 150 Å². The third-order valence-electron chi connectivity index (χ3n) is 4.77. The summed E-state index contributed by atoms with van der Waals surface area (Å²) in [5, 5.41) is 0.416. The molecule has 0 saturated carbocycles. The molecule has 0 spiro atoms. The van der Waals surface area contributed by atoms with Gasteiger partial charge in [-0.1, -0.05) is 18.2 Å². The van der Waals surface area contributed by atoms with Crippen LogP contribution in [0.1, 0.15) is 0 Å². The lowest BCUT2D eigenvalue weighted by molar-refractivity contribution is -0.134. The molecule has 7 heteroatoms. The van der Waals surface area contributed by atoms with Gasteiger partial charge in [-0.25, -0.2) is 12.8 Å². The molecule has 3 aromatic rings. The van der Waals surface area contributed by atoms with Crippen molar-refractivity contribution >= 4 is 26.6 Å². The molecule has 0 radical (unpaired) electrons. The number of hydrogen-bond acceptors (Lipinski definition) is 3. The van der Waals surface area contributed by atoms with Crippen LogP contribution in [-0.2, 0) is 21.2 Å². The highest BCUT2D eigenvalue weighted by Gasteiger charge is 2.40. The molecule has 1 aliphatic heterocycles. The quantitative estimate of drug-likeness (QED) is 0.661. The molecule has 1 saturated heterocycles. The fourth-order valence-electron chi connectivity index (χ4n) is 3.18. The maximum Gasteiger partial charge on any atom is 0.242 e. The predicted molar refractivity (Wildman–Crippen MR) is 95.9 cm³/mol. The summed E-state index contributed by atoms with van der Waals surface area (Å²) in [7, 11) is -3.55. The maximum atomic E-state index is 13.0. The van der Waals surface area contributed by atoms with Crippen molar-refractivity contribution in [2.75, 3.05) is 13.1 Å². The van der Waals surface area contributed by atoms with Crippen molar-refractivity contribution in [3.63, 3.8) is 0 Å². The third kappa shape index (κ3) is 2.88. The average molecular weight is 372 g/mol. The van der Waals surface area contributed by atoms with Gasteiger partial charge in [0.2, 0.25) is 5.91 Å². The lowest BCUT2D eigenvalue weighted by atomic mass is 10.2. The summed E-state index contributed by atoms with van der Waals surface area (Å²) in [5.41, 5.74) is 0.969. The molecule has 1 fully saturated rings. The zero-order valence-corrected chi connectivity index (χ0v) is 14.7. The molecule has 0 N–H and O–H groups in total. The van der Waals surface area contributed by atoms with Gasteiger partial charge < -0.3 is 9.47 Å². The Morgan fingerprint density at radius 2 is 1.73 bits per heavy atom. The number of benzene rings is 2. The molecule has 4 rings (SSSR count). The van der Waals surface area contributed by atoms with Gasteiger partial charge in [0.1, 0.15) is 17.6 Å². The van der Waals surface area contributed by atoms with Gasteiger partial charge in [-0.2, -0.15) is 0 Å². The molecule has 2 aromatic carbocycles. The van der Waals surface area contributed by atoms with Crippen LogP contribution in [0.3, 0.4) is 0 Å². The zero-order chi connectivity index (χ0) is 18.3. The van der Waals surface area contributed by atoms with E-state index in [0.29, 0.717) is 0 Å². The van der Waals surface area contributed by atoms with Crippen molar-refractivity contribution in [1.29, 1.82) is 0 Å². The second-order valence-corrected chi connectivity index (χ2v) is 8.65. The normalized spacial score (nSPS) is 15.2. The predicted octanol–water partition coefficient (Wildman–Crippen LogP) is 2.47. The van der Waals surface area contributed by atoms with Crippen molar-refractivity contribution in [2.45, 2.75) is 16.7 Å². The van der Waals surface area contributed by atoms with Crippen LogP contribution in [0.15, 0.2) is 65.7 Å². The SMILES string of the molecule is O=C(Cn1ccc2ccccc21)N1CC(S(=O)(=O)c2ccc(F)cc2)C1. The molecule has 1 aromatic heterocycles. The Bertz CT molecular complexity index is 1070. The summed E-state index contributed by atoms with van der Waals surface area (Å²) in [6.07, 6.45) is 1.86. The van der Waals surface area contributed by atoms with Gasteiger partial charge in [0, 0.05) is 24.8 Å². The molecule has 1 aliphatic rings. The molecular weight excluding hydrogens is 355 g/mol. The van der Waals surface area contributed by atoms with Crippen LogP contribution in [0.2, 0.25) is 0 Å². The molecule has 0 unspecified atom stereocenters. The Balaban J connectivity index is 1.42. The van der Waals surface area contributed by atoms with Crippen LogP contribution in [0.5, 0.6) is 0 Å². The number of carbonyl (C=O) groups excluding carboxylic acids is 1. The molecular formula is C19H17FN2O3S. The van der Waals surface area contributed by atoms with E-state index in [1.165, 1.54) is 12.1 Å². The van der Waals surface area contributed by atoms with Crippen molar-refractivity contribution < 1.29 is 17.6 Å². The number of likely N-dealkylation sites (tertiary alicyclic amines) is 1. The van der Waals surface area contributed by atoms with Crippen LogP contribution in [0.25, 0.3) is 10.9 Å².